The molecule has 6 N–H and O–H groups in total. The first kappa shape index (κ1) is 16.8. The van der Waals surface area contributed by atoms with Crippen molar-refractivity contribution in [2.75, 3.05) is 29.5 Å². The molecule has 1 aromatic heterocycles. The van der Waals surface area contributed by atoms with E-state index in [1.54, 1.807) is 24.0 Å². The van der Waals surface area contributed by atoms with Crippen molar-refractivity contribution >= 4 is 28.8 Å². The molecule has 0 aliphatic carbocycles. The third-order valence-corrected chi connectivity index (χ3v) is 5.53. The molecule has 0 saturated heterocycles. The van der Waals surface area contributed by atoms with Crippen molar-refractivity contribution in [3.05, 3.63) is 52.4 Å². The van der Waals surface area contributed by atoms with Crippen LogP contribution in [-0.2, 0) is 0 Å². The molecule has 0 radical (unpaired) electrons. The molecule has 2 aliphatic heterocycles. The SMILES string of the molecule is Cc1cc(O)c(-c2ccc(NCCN)nc2)c2c1NC(O)=C1SCC=C12. The topological polar surface area (TPSA) is 103 Å². The molecule has 0 amide bonds. The predicted molar refractivity (Wildman–Crippen MR) is 107 cm³/mol. The summed E-state index contributed by atoms with van der Waals surface area (Å²) in [5, 5.41) is 27.2. The van der Waals surface area contributed by atoms with E-state index < -0.39 is 0 Å². The molecule has 1 aromatic carbocycles. The van der Waals surface area contributed by atoms with Gasteiger partial charge < -0.3 is 26.6 Å². The highest BCUT2D eigenvalue weighted by atomic mass is 32.2. The molecule has 134 valence electrons. The monoisotopic (exact) mass is 368 g/mol. The zero-order chi connectivity index (χ0) is 18.3. The molecular weight excluding hydrogens is 348 g/mol. The number of rotatable bonds is 4. The van der Waals surface area contributed by atoms with Crippen LogP contribution in [0.2, 0.25) is 0 Å². The smallest absolute Gasteiger partial charge is 0.203 e. The van der Waals surface area contributed by atoms with Crippen LogP contribution in [0.4, 0.5) is 11.5 Å². The zero-order valence-corrected chi connectivity index (χ0v) is 15.2. The largest absolute Gasteiger partial charge is 0.507 e. The van der Waals surface area contributed by atoms with Gasteiger partial charge in [-0.1, -0.05) is 6.08 Å². The number of allylic oxidation sites excluding steroid dienone is 1. The molecule has 4 rings (SSSR count). The standard InChI is InChI=1S/C19H20N4O2S/c1-10-8-13(24)15(11-2-3-14(22-9-11)21-6-5-20)16-12-4-7-26-18(12)19(25)23-17(10)16/h2-4,8-9,23-25H,5-7,20H2,1H3,(H,21,22). The Morgan fingerprint density at radius 2 is 2.15 bits per heavy atom. The van der Waals surface area contributed by atoms with E-state index in [4.69, 9.17) is 5.73 Å². The molecule has 0 spiro atoms. The first-order valence-electron chi connectivity index (χ1n) is 8.41. The fraction of sp³-hybridized carbons (Fsp3) is 0.211. The van der Waals surface area contributed by atoms with Crippen molar-refractivity contribution in [2.24, 2.45) is 5.73 Å². The lowest BCUT2D eigenvalue weighted by molar-refractivity contribution is 0.417. The summed E-state index contributed by atoms with van der Waals surface area (Å²) in [6, 6.07) is 5.51. The molecule has 7 heteroatoms. The molecule has 0 fully saturated rings. The molecule has 6 nitrogen and oxygen atoms in total. The Balaban J connectivity index is 1.85. The number of aliphatic hydroxyl groups excluding tert-OH is 1. The van der Waals surface area contributed by atoms with E-state index in [0.717, 1.165) is 50.0 Å². The Morgan fingerprint density at radius 1 is 1.31 bits per heavy atom. The minimum atomic E-state index is 0.172. The lowest BCUT2D eigenvalue weighted by Gasteiger charge is -2.26. The minimum Gasteiger partial charge on any atom is -0.507 e. The van der Waals surface area contributed by atoms with Gasteiger partial charge in [-0.3, -0.25) is 0 Å². The highest BCUT2D eigenvalue weighted by Gasteiger charge is 2.31. The zero-order valence-electron chi connectivity index (χ0n) is 14.3. The molecule has 26 heavy (non-hydrogen) atoms. The van der Waals surface area contributed by atoms with Gasteiger partial charge in [-0.2, -0.15) is 0 Å². The predicted octanol–water partition coefficient (Wildman–Crippen LogP) is 3.42. The van der Waals surface area contributed by atoms with Crippen LogP contribution in [0.1, 0.15) is 11.1 Å². The lowest BCUT2D eigenvalue weighted by atomic mass is 9.88. The summed E-state index contributed by atoms with van der Waals surface area (Å²) in [6.07, 6.45) is 3.83. The number of aryl methyl sites for hydroxylation is 1. The van der Waals surface area contributed by atoms with E-state index in [1.807, 2.05) is 19.1 Å². The molecule has 0 saturated carbocycles. The lowest BCUT2D eigenvalue weighted by Crippen LogP contribution is -2.14. The van der Waals surface area contributed by atoms with E-state index in [-0.39, 0.29) is 11.6 Å². The van der Waals surface area contributed by atoms with Gasteiger partial charge in [0.15, 0.2) is 0 Å². The number of aromatic nitrogens is 1. The van der Waals surface area contributed by atoms with Gasteiger partial charge in [0.1, 0.15) is 11.6 Å². The Hall–Kier alpha value is -2.64. The van der Waals surface area contributed by atoms with E-state index in [2.05, 4.69) is 21.7 Å². The van der Waals surface area contributed by atoms with Gasteiger partial charge in [-0.15, -0.1) is 11.8 Å². The number of fused-ring (bicyclic) bond motifs is 3. The van der Waals surface area contributed by atoms with Gasteiger partial charge in [0, 0.05) is 47.3 Å². The number of thioether (sulfide) groups is 1. The van der Waals surface area contributed by atoms with Gasteiger partial charge in [0.2, 0.25) is 5.88 Å². The first-order valence-corrected chi connectivity index (χ1v) is 9.39. The summed E-state index contributed by atoms with van der Waals surface area (Å²) in [4.78, 5) is 5.24. The molecule has 2 aliphatic rings. The number of nitrogens with one attached hydrogen (secondary N) is 2. The molecule has 2 aromatic rings. The number of hydrogen-bond acceptors (Lipinski definition) is 7. The van der Waals surface area contributed by atoms with Crippen LogP contribution in [0, 0.1) is 6.92 Å². The Bertz CT molecular complexity index is 936. The highest BCUT2D eigenvalue weighted by molar-refractivity contribution is 8.04. The van der Waals surface area contributed by atoms with Gasteiger partial charge in [0.05, 0.1) is 10.6 Å². The number of aromatic hydroxyl groups is 1. The minimum absolute atomic E-state index is 0.172. The molecular formula is C19H20N4O2S. The second-order valence-corrected chi connectivity index (χ2v) is 7.25. The van der Waals surface area contributed by atoms with Crippen molar-refractivity contribution in [1.29, 1.82) is 0 Å². The van der Waals surface area contributed by atoms with E-state index in [1.165, 1.54) is 0 Å². The van der Waals surface area contributed by atoms with Crippen molar-refractivity contribution in [1.82, 2.24) is 4.98 Å². The van der Waals surface area contributed by atoms with Crippen LogP contribution in [0.15, 0.2) is 41.3 Å². The highest BCUT2D eigenvalue weighted by Crippen LogP contribution is 2.52. The van der Waals surface area contributed by atoms with Gasteiger partial charge in [-0.05, 0) is 30.7 Å². The third-order valence-electron chi connectivity index (χ3n) is 4.49. The number of nitrogens with zero attached hydrogens (tertiary/aromatic N) is 1. The number of aliphatic hydroxyl groups is 1. The number of nitrogens with two attached hydrogens (primary N) is 1. The first-order chi connectivity index (χ1) is 12.6. The summed E-state index contributed by atoms with van der Waals surface area (Å²) >= 11 is 1.58. The van der Waals surface area contributed by atoms with Crippen molar-refractivity contribution in [3.63, 3.8) is 0 Å². The van der Waals surface area contributed by atoms with Gasteiger partial charge in [-0.25, -0.2) is 4.98 Å². The molecule has 0 unspecified atom stereocenters. The van der Waals surface area contributed by atoms with E-state index >= 15 is 0 Å². The number of phenols is 1. The second kappa shape index (κ2) is 6.59. The Labute approximate surface area is 155 Å². The van der Waals surface area contributed by atoms with Crippen LogP contribution >= 0.6 is 11.8 Å². The number of anilines is 2. The summed E-state index contributed by atoms with van der Waals surface area (Å²) in [7, 11) is 0. The summed E-state index contributed by atoms with van der Waals surface area (Å²) < 4.78 is 0. The molecule has 3 heterocycles. The van der Waals surface area contributed by atoms with Gasteiger partial charge >= 0.3 is 0 Å². The number of phenolic OH excluding ortho intramolecular Hbond substituents is 1. The van der Waals surface area contributed by atoms with Crippen LogP contribution in [-0.4, -0.2) is 34.0 Å². The summed E-state index contributed by atoms with van der Waals surface area (Å²) in [5.41, 5.74) is 10.6. The maximum atomic E-state index is 10.7. The normalized spacial score (nSPS) is 15.2. The van der Waals surface area contributed by atoms with Crippen LogP contribution in [0.5, 0.6) is 5.75 Å². The number of pyridine rings is 1. The van der Waals surface area contributed by atoms with Crippen LogP contribution in [0.3, 0.4) is 0 Å². The van der Waals surface area contributed by atoms with Crippen molar-refractivity contribution in [2.45, 2.75) is 6.92 Å². The van der Waals surface area contributed by atoms with Crippen molar-refractivity contribution < 1.29 is 10.2 Å². The molecule has 0 bridgehead atoms. The maximum Gasteiger partial charge on any atom is 0.203 e. The van der Waals surface area contributed by atoms with E-state index in [9.17, 15) is 10.2 Å². The Morgan fingerprint density at radius 3 is 2.88 bits per heavy atom. The summed E-state index contributed by atoms with van der Waals surface area (Å²) in [6.45, 7) is 3.10. The Kier molecular flexibility index (Phi) is 4.26. The average molecular weight is 368 g/mol. The van der Waals surface area contributed by atoms with Crippen LogP contribution < -0.4 is 16.4 Å². The number of benzene rings is 1. The third kappa shape index (κ3) is 2.69. The number of hydrogen-bond donors (Lipinski definition) is 5. The second-order valence-electron chi connectivity index (χ2n) is 6.22. The molecule has 0 atom stereocenters. The fourth-order valence-corrected chi connectivity index (χ4v) is 4.28. The summed E-state index contributed by atoms with van der Waals surface area (Å²) in [5.74, 6) is 1.91. The van der Waals surface area contributed by atoms with E-state index in [0.29, 0.717) is 13.1 Å². The van der Waals surface area contributed by atoms with Crippen molar-refractivity contribution in [3.8, 4) is 16.9 Å². The van der Waals surface area contributed by atoms with Crippen LogP contribution in [0.25, 0.3) is 16.7 Å². The average Bonchev–Trinajstić information content (AvgIpc) is 3.12. The fourth-order valence-electron chi connectivity index (χ4n) is 3.33. The van der Waals surface area contributed by atoms with Gasteiger partial charge in [0.25, 0.3) is 0 Å². The maximum absolute atomic E-state index is 10.7. The quantitative estimate of drug-likeness (QED) is 0.527.